The van der Waals surface area contributed by atoms with Gasteiger partial charge in [0.25, 0.3) is 5.56 Å². The van der Waals surface area contributed by atoms with Crippen LogP contribution >= 0.6 is 0 Å². The summed E-state index contributed by atoms with van der Waals surface area (Å²) >= 11 is 0. The standard InChI is InChI=1S/C20H24N6O4S/c1-14-7-9-26(10-8-14)31(29,30)16-5-3-15(4-6-16)23-18(27)12-25-13-21-19-17(20(25)28)11-22-24(19)2/h3-6,11,13-14H,7-10,12H2,1-2H3,(H,23,27). The third kappa shape index (κ3) is 4.23. The highest BCUT2D eigenvalue weighted by molar-refractivity contribution is 7.89. The first-order valence-corrected chi connectivity index (χ1v) is 11.5. The van der Waals surface area contributed by atoms with Gasteiger partial charge >= 0.3 is 0 Å². The van der Waals surface area contributed by atoms with Crippen molar-refractivity contribution in [2.45, 2.75) is 31.2 Å². The van der Waals surface area contributed by atoms with Crippen molar-refractivity contribution in [1.29, 1.82) is 0 Å². The molecule has 0 bridgehead atoms. The summed E-state index contributed by atoms with van der Waals surface area (Å²) in [5.41, 5.74) is 0.534. The van der Waals surface area contributed by atoms with Crippen molar-refractivity contribution >= 4 is 32.7 Å². The summed E-state index contributed by atoms with van der Waals surface area (Å²) in [6.45, 7) is 2.95. The van der Waals surface area contributed by atoms with E-state index in [4.69, 9.17) is 0 Å². The van der Waals surface area contributed by atoms with Crippen LogP contribution in [0.3, 0.4) is 0 Å². The van der Waals surface area contributed by atoms with Crippen LogP contribution in [0, 0.1) is 5.92 Å². The van der Waals surface area contributed by atoms with Gasteiger partial charge in [0.15, 0.2) is 5.65 Å². The van der Waals surface area contributed by atoms with Crippen LogP contribution in [0.2, 0.25) is 0 Å². The summed E-state index contributed by atoms with van der Waals surface area (Å²) in [6, 6.07) is 6.06. The number of hydrogen-bond donors (Lipinski definition) is 1. The minimum Gasteiger partial charge on any atom is -0.325 e. The maximum Gasteiger partial charge on any atom is 0.264 e. The molecule has 0 saturated carbocycles. The summed E-state index contributed by atoms with van der Waals surface area (Å²) < 4.78 is 29.8. The number of rotatable bonds is 5. The second kappa shape index (κ2) is 8.23. The van der Waals surface area contributed by atoms with E-state index in [9.17, 15) is 18.0 Å². The number of aryl methyl sites for hydroxylation is 1. The van der Waals surface area contributed by atoms with E-state index < -0.39 is 15.9 Å². The van der Waals surface area contributed by atoms with Gasteiger partial charge in [0, 0.05) is 25.8 Å². The molecule has 3 aromatic rings. The lowest BCUT2D eigenvalue weighted by Gasteiger charge is -2.29. The summed E-state index contributed by atoms with van der Waals surface area (Å²) in [4.78, 5) is 29.2. The Morgan fingerprint density at radius 3 is 2.55 bits per heavy atom. The molecule has 1 aliphatic rings. The van der Waals surface area contributed by atoms with Gasteiger partial charge in [-0.2, -0.15) is 9.40 Å². The number of carbonyl (C=O) groups excluding carboxylic acids is 1. The predicted octanol–water partition coefficient (Wildman–Crippen LogP) is 1.19. The second-order valence-corrected chi connectivity index (χ2v) is 9.78. The number of nitrogens with one attached hydrogen (secondary N) is 1. The fraction of sp³-hybridized carbons (Fsp3) is 0.400. The quantitative estimate of drug-likeness (QED) is 0.631. The molecular weight excluding hydrogens is 420 g/mol. The van der Waals surface area contributed by atoms with Crippen LogP contribution in [0.25, 0.3) is 11.0 Å². The van der Waals surface area contributed by atoms with Crippen LogP contribution in [0.4, 0.5) is 5.69 Å². The van der Waals surface area contributed by atoms with Crippen molar-refractivity contribution in [2.75, 3.05) is 18.4 Å². The number of benzene rings is 1. The molecule has 31 heavy (non-hydrogen) atoms. The lowest BCUT2D eigenvalue weighted by molar-refractivity contribution is -0.116. The van der Waals surface area contributed by atoms with E-state index in [1.807, 2.05) is 0 Å². The zero-order valence-electron chi connectivity index (χ0n) is 17.4. The SMILES string of the molecule is CC1CCN(S(=O)(=O)c2ccc(NC(=O)Cn3cnc4c(cnn4C)c3=O)cc2)CC1. The summed E-state index contributed by atoms with van der Waals surface area (Å²) in [5.74, 6) is 0.110. The maximum atomic E-state index is 12.8. The first-order chi connectivity index (χ1) is 14.8. The number of fused-ring (bicyclic) bond motifs is 1. The Bertz CT molecular complexity index is 1270. The number of sulfonamides is 1. The predicted molar refractivity (Wildman–Crippen MR) is 115 cm³/mol. The molecule has 3 heterocycles. The fourth-order valence-corrected chi connectivity index (χ4v) is 5.09. The molecule has 10 nitrogen and oxygen atoms in total. The smallest absolute Gasteiger partial charge is 0.264 e. The van der Waals surface area contributed by atoms with E-state index in [-0.39, 0.29) is 17.0 Å². The van der Waals surface area contributed by atoms with Crippen LogP contribution in [-0.4, -0.2) is 51.1 Å². The fourth-order valence-electron chi connectivity index (χ4n) is 3.62. The lowest BCUT2D eigenvalue weighted by atomic mass is 10.0. The number of anilines is 1. The molecule has 11 heteroatoms. The highest BCUT2D eigenvalue weighted by atomic mass is 32.2. The zero-order valence-corrected chi connectivity index (χ0v) is 18.2. The Balaban J connectivity index is 1.44. The highest BCUT2D eigenvalue weighted by Crippen LogP contribution is 2.24. The van der Waals surface area contributed by atoms with Gasteiger partial charge in [-0.3, -0.25) is 18.8 Å². The molecule has 164 valence electrons. The molecule has 1 aliphatic heterocycles. The number of aromatic nitrogens is 4. The highest BCUT2D eigenvalue weighted by Gasteiger charge is 2.27. The van der Waals surface area contributed by atoms with Crippen molar-refractivity contribution < 1.29 is 13.2 Å². The lowest BCUT2D eigenvalue weighted by Crippen LogP contribution is -2.37. The second-order valence-electron chi connectivity index (χ2n) is 7.84. The van der Waals surface area contributed by atoms with Gasteiger partial charge in [0.05, 0.1) is 11.1 Å². The first-order valence-electron chi connectivity index (χ1n) is 10.0. The molecule has 0 spiro atoms. The molecule has 0 radical (unpaired) electrons. The Morgan fingerprint density at radius 2 is 1.87 bits per heavy atom. The molecule has 0 unspecified atom stereocenters. The van der Waals surface area contributed by atoms with Crippen molar-refractivity contribution in [3.63, 3.8) is 0 Å². The molecule has 0 aliphatic carbocycles. The van der Waals surface area contributed by atoms with Gasteiger partial charge in [0.2, 0.25) is 15.9 Å². The number of piperidine rings is 1. The maximum absolute atomic E-state index is 12.8. The van der Waals surface area contributed by atoms with Crippen molar-refractivity contribution in [3.05, 3.63) is 47.1 Å². The Kier molecular flexibility index (Phi) is 5.63. The van der Waals surface area contributed by atoms with E-state index in [2.05, 4.69) is 22.3 Å². The van der Waals surface area contributed by atoms with E-state index in [1.54, 1.807) is 19.2 Å². The number of carbonyl (C=O) groups is 1. The van der Waals surface area contributed by atoms with E-state index >= 15 is 0 Å². The first kappa shape index (κ1) is 21.2. The average molecular weight is 445 g/mol. The summed E-state index contributed by atoms with van der Waals surface area (Å²) in [6.07, 6.45) is 4.43. The summed E-state index contributed by atoms with van der Waals surface area (Å²) in [5, 5.41) is 7.01. The van der Waals surface area contributed by atoms with Crippen molar-refractivity contribution in [2.24, 2.45) is 13.0 Å². The summed E-state index contributed by atoms with van der Waals surface area (Å²) in [7, 11) is -1.86. The third-order valence-electron chi connectivity index (χ3n) is 5.55. The third-order valence-corrected chi connectivity index (χ3v) is 7.46. The molecule has 1 fully saturated rings. The molecule has 0 atom stereocenters. The normalized spacial score (nSPS) is 15.9. The molecule has 2 aromatic heterocycles. The van der Waals surface area contributed by atoms with Gasteiger partial charge in [-0.15, -0.1) is 0 Å². The minimum atomic E-state index is -3.54. The topological polar surface area (TPSA) is 119 Å². The molecule has 4 rings (SSSR count). The van der Waals surface area contributed by atoms with E-state index in [1.165, 1.54) is 38.2 Å². The zero-order chi connectivity index (χ0) is 22.2. The van der Waals surface area contributed by atoms with Crippen LogP contribution < -0.4 is 10.9 Å². The van der Waals surface area contributed by atoms with E-state index in [0.717, 1.165) is 12.8 Å². The van der Waals surface area contributed by atoms with Crippen molar-refractivity contribution in [3.8, 4) is 0 Å². The number of amides is 1. The minimum absolute atomic E-state index is 0.197. The van der Waals surface area contributed by atoms with Crippen LogP contribution in [0.5, 0.6) is 0 Å². The largest absolute Gasteiger partial charge is 0.325 e. The number of hydrogen-bond acceptors (Lipinski definition) is 6. The number of nitrogens with zero attached hydrogens (tertiary/aromatic N) is 5. The Hall–Kier alpha value is -3.05. The monoisotopic (exact) mass is 444 g/mol. The van der Waals surface area contributed by atoms with Gasteiger partial charge in [0.1, 0.15) is 18.3 Å². The van der Waals surface area contributed by atoms with Crippen LogP contribution in [0.15, 0.2) is 46.5 Å². The Morgan fingerprint density at radius 1 is 1.19 bits per heavy atom. The Labute approximate surface area is 179 Å². The average Bonchev–Trinajstić information content (AvgIpc) is 3.12. The molecule has 1 aromatic carbocycles. The molecular formula is C20H24N6O4S. The van der Waals surface area contributed by atoms with Crippen LogP contribution in [-0.2, 0) is 28.4 Å². The van der Waals surface area contributed by atoms with Gasteiger partial charge in [-0.1, -0.05) is 6.92 Å². The molecule has 1 amide bonds. The van der Waals surface area contributed by atoms with E-state index in [0.29, 0.717) is 35.7 Å². The van der Waals surface area contributed by atoms with Gasteiger partial charge in [-0.25, -0.2) is 13.4 Å². The van der Waals surface area contributed by atoms with Crippen LogP contribution in [0.1, 0.15) is 19.8 Å². The van der Waals surface area contributed by atoms with Gasteiger partial charge in [-0.05, 0) is 43.0 Å². The van der Waals surface area contributed by atoms with Crippen molar-refractivity contribution in [1.82, 2.24) is 23.6 Å². The molecule has 1 saturated heterocycles. The molecule has 1 N–H and O–H groups in total. The van der Waals surface area contributed by atoms with Gasteiger partial charge < -0.3 is 5.32 Å².